The summed E-state index contributed by atoms with van der Waals surface area (Å²) < 4.78 is 0. The van der Waals surface area contributed by atoms with Gasteiger partial charge in [0.2, 0.25) is 35.4 Å². The molecule has 0 unspecified atom stereocenters. The third kappa shape index (κ3) is 14.6. The fourth-order valence-electron chi connectivity index (χ4n) is 4.68. The number of hydrogen-bond donors (Lipinski definition) is 11. The number of carbonyl (C=O) groups excluding carboxylic acids is 6. The molecule has 0 aliphatic carbocycles. The van der Waals surface area contributed by atoms with E-state index in [2.05, 4.69) is 31.9 Å². The zero-order valence-electron chi connectivity index (χ0n) is 29.9. The van der Waals surface area contributed by atoms with Gasteiger partial charge in [0.15, 0.2) is 0 Å². The fourth-order valence-corrected chi connectivity index (χ4v) is 4.68. The molecule has 9 atom stereocenters. The van der Waals surface area contributed by atoms with Crippen molar-refractivity contribution in [3.05, 3.63) is 35.9 Å². The number of carbonyl (C=O) groups is 7. The van der Waals surface area contributed by atoms with Crippen LogP contribution in [-0.4, -0.2) is 123 Å². The minimum Gasteiger partial charge on any atom is -0.480 e. The number of rotatable bonds is 20. The first-order valence-corrected chi connectivity index (χ1v) is 16.5. The van der Waals surface area contributed by atoms with Gasteiger partial charge in [0.05, 0.1) is 18.3 Å². The van der Waals surface area contributed by atoms with E-state index in [-0.39, 0.29) is 6.42 Å². The normalized spacial score (nSPS) is 16.6. The first kappa shape index (κ1) is 44.4. The molecule has 0 aliphatic heterocycles. The highest BCUT2D eigenvalue weighted by atomic mass is 16.4. The molecule has 12 N–H and O–H groups in total. The van der Waals surface area contributed by atoms with Crippen molar-refractivity contribution in [2.75, 3.05) is 6.54 Å². The monoisotopic (exact) mass is 723 g/mol. The van der Waals surface area contributed by atoms with Crippen molar-refractivity contribution in [2.24, 2.45) is 17.6 Å². The summed E-state index contributed by atoms with van der Waals surface area (Å²) in [6, 6.07) is 0.185. The van der Waals surface area contributed by atoms with E-state index in [1.54, 1.807) is 58.0 Å². The van der Waals surface area contributed by atoms with Crippen LogP contribution in [0.2, 0.25) is 0 Å². The number of nitrogens with two attached hydrogens (primary N) is 1. The zero-order chi connectivity index (χ0) is 39.2. The zero-order valence-corrected chi connectivity index (χ0v) is 29.9. The number of aliphatic hydroxyl groups excluding tert-OH is 3. The fraction of sp³-hybridized carbons (Fsp3) is 0.606. The first-order valence-electron chi connectivity index (χ1n) is 16.5. The summed E-state index contributed by atoms with van der Waals surface area (Å²) in [6.45, 7) is 9.35. The highest BCUT2D eigenvalue weighted by Crippen LogP contribution is 2.10. The first-order chi connectivity index (χ1) is 23.7. The largest absolute Gasteiger partial charge is 0.480 e. The maximum Gasteiger partial charge on any atom is 0.322 e. The summed E-state index contributed by atoms with van der Waals surface area (Å²) in [4.78, 5) is 89.6. The standard InChI is InChI=1S/C33H53N7O11/c1-15(2)24(31(49)37-25(16(3)4)32(50)40-26(18(6)42)30(48)35-14-22(44)45)38-33(51)27(19(7)43)39-28(46)21(13-20-11-9-8-10-12-20)36-29(47)23(34)17(5)41/h8-12,15-19,21,23-27,41-43H,13-14,34H2,1-7H3,(H,35,48)(H,36,47)(H,37,49)(H,38,51)(H,39,46)(H,40,50)(H,44,45)/t17-,18-,19-,21+,23+,24+,25+,26+,27+/m1/s1. The molecule has 0 saturated heterocycles. The van der Waals surface area contributed by atoms with Gasteiger partial charge in [-0.3, -0.25) is 33.6 Å². The maximum atomic E-state index is 13.5. The Kier molecular flexibility index (Phi) is 18.2. The molecule has 18 heteroatoms. The summed E-state index contributed by atoms with van der Waals surface area (Å²) in [5, 5.41) is 53.5. The van der Waals surface area contributed by atoms with Crippen molar-refractivity contribution >= 4 is 41.4 Å². The molecule has 0 aromatic heterocycles. The minimum atomic E-state index is -1.62. The molecule has 51 heavy (non-hydrogen) atoms. The van der Waals surface area contributed by atoms with Gasteiger partial charge >= 0.3 is 5.97 Å². The van der Waals surface area contributed by atoms with Gasteiger partial charge in [-0.1, -0.05) is 58.0 Å². The van der Waals surface area contributed by atoms with Crippen LogP contribution in [0.15, 0.2) is 30.3 Å². The second-order valence-corrected chi connectivity index (χ2v) is 13.0. The summed E-state index contributed by atoms with van der Waals surface area (Å²) in [6.07, 6.45) is -4.19. The van der Waals surface area contributed by atoms with Crippen molar-refractivity contribution < 1.29 is 54.0 Å². The lowest BCUT2D eigenvalue weighted by Crippen LogP contribution is -2.63. The number of carboxylic acid groups (broad SMARTS) is 1. The molecule has 0 bridgehead atoms. The minimum absolute atomic E-state index is 0.0358. The quantitative estimate of drug-likeness (QED) is 0.0629. The molecular weight excluding hydrogens is 670 g/mol. The van der Waals surface area contributed by atoms with Crippen LogP contribution in [0.5, 0.6) is 0 Å². The molecule has 0 radical (unpaired) electrons. The summed E-state index contributed by atoms with van der Waals surface area (Å²) >= 11 is 0. The predicted molar refractivity (Wildman–Crippen MR) is 183 cm³/mol. The summed E-state index contributed by atoms with van der Waals surface area (Å²) in [7, 11) is 0. The second-order valence-electron chi connectivity index (χ2n) is 13.0. The van der Waals surface area contributed by atoms with Crippen LogP contribution in [0.1, 0.15) is 54.0 Å². The van der Waals surface area contributed by atoms with Gasteiger partial charge < -0.3 is 58.1 Å². The van der Waals surface area contributed by atoms with Crippen molar-refractivity contribution in [1.82, 2.24) is 31.9 Å². The van der Waals surface area contributed by atoms with Crippen molar-refractivity contribution in [3.8, 4) is 0 Å². The van der Waals surface area contributed by atoms with Crippen LogP contribution in [-0.2, 0) is 40.0 Å². The van der Waals surface area contributed by atoms with Crippen molar-refractivity contribution in [3.63, 3.8) is 0 Å². The number of carboxylic acids is 1. The lowest BCUT2D eigenvalue weighted by atomic mass is 9.98. The highest BCUT2D eigenvalue weighted by Gasteiger charge is 2.37. The smallest absolute Gasteiger partial charge is 0.322 e. The van der Waals surface area contributed by atoms with Gasteiger partial charge in [0.1, 0.15) is 42.8 Å². The van der Waals surface area contributed by atoms with E-state index < -0.39 is 114 Å². The van der Waals surface area contributed by atoms with Crippen LogP contribution in [0.25, 0.3) is 0 Å². The van der Waals surface area contributed by atoms with Gasteiger partial charge in [0, 0.05) is 6.42 Å². The van der Waals surface area contributed by atoms with Gasteiger partial charge in [-0.15, -0.1) is 0 Å². The number of amides is 6. The molecule has 6 amide bonds. The van der Waals surface area contributed by atoms with E-state index in [9.17, 15) is 48.9 Å². The molecule has 1 aromatic carbocycles. The number of aliphatic hydroxyl groups is 3. The molecule has 0 spiro atoms. The molecule has 0 aliphatic rings. The third-order valence-corrected chi connectivity index (χ3v) is 7.77. The van der Waals surface area contributed by atoms with Gasteiger partial charge in [0.25, 0.3) is 0 Å². The summed E-state index contributed by atoms with van der Waals surface area (Å²) in [5.41, 5.74) is 6.39. The van der Waals surface area contributed by atoms with E-state index in [0.29, 0.717) is 5.56 Å². The molecule has 1 rings (SSSR count). The average Bonchev–Trinajstić information content (AvgIpc) is 3.04. The van der Waals surface area contributed by atoms with Crippen molar-refractivity contribution in [1.29, 1.82) is 0 Å². The van der Waals surface area contributed by atoms with Crippen LogP contribution in [0.4, 0.5) is 0 Å². The SMILES string of the molecule is CC(C)[C@H](NC(=O)[C@@H](NC(=O)[C@@H](NC(=O)[C@H](Cc1ccccc1)NC(=O)[C@@H](N)[C@@H](C)O)[C@@H](C)O)C(C)C)C(=O)N[C@H](C(=O)NCC(=O)O)[C@@H](C)O. The van der Waals surface area contributed by atoms with E-state index in [1.165, 1.54) is 20.8 Å². The van der Waals surface area contributed by atoms with Crippen LogP contribution < -0.4 is 37.6 Å². The molecule has 0 heterocycles. The molecule has 0 fully saturated rings. The van der Waals surface area contributed by atoms with Crippen LogP contribution >= 0.6 is 0 Å². The Morgan fingerprint density at radius 1 is 0.569 bits per heavy atom. The summed E-state index contributed by atoms with van der Waals surface area (Å²) in [5.74, 6) is -7.84. The lowest BCUT2D eigenvalue weighted by molar-refractivity contribution is -0.139. The molecule has 0 saturated carbocycles. The van der Waals surface area contributed by atoms with Crippen LogP contribution in [0, 0.1) is 11.8 Å². The number of nitrogens with one attached hydrogen (secondary N) is 6. The Morgan fingerprint density at radius 2 is 0.980 bits per heavy atom. The van der Waals surface area contributed by atoms with E-state index in [4.69, 9.17) is 10.8 Å². The average molecular weight is 724 g/mol. The molecular formula is C33H53N7O11. The van der Waals surface area contributed by atoms with E-state index in [0.717, 1.165) is 0 Å². The Hall–Kier alpha value is -4.65. The number of benzene rings is 1. The van der Waals surface area contributed by atoms with Gasteiger partial charge in [-0.25, -0.2) is 0 Å². The Balaban J connectivity index is 3.20. The Morgan fingerprint density at radius 3 is 1.39 bits per heavy atom. The van der Waals surface area contributed by atoms with Gasteiger partial charge in [-0.05, 0) is 38.2 Å². The van der Waals surface area contributed by atoms with Gasteiger partial charge in [-0.2, -0.15) is 0 Å². The van der Waals surface area contributed by atoms with E-state index >= 15 is 0 Å². The number of aliphatic carboxylic acids is 1. The third-order valence-electron chi connectivity index (χ3n) is 7.77. The predicted octanol–water partition coefficient (Wildman–Crippen LogP) is -3.36. The highest BCUT2D eigenvalue weighted by molar-refractivity contribution is 5.97. The molecule has 18 nitrogen and oxygen atoms in total. The lowest BCUT2D eigenvalue weighted by Gasteiger charge is -2.30. The molecule has 286 valence electrons. The maximum absolute atomic E-state index is 13.5. The van der Waals surface area contributed by atoms with E-state index in [1.807, 2.05) is 0 Å². The topological polar surface area (TPSA) is 299 Å². The second kappa shape index (κ2) is 20.9. The number of hydrogen-bond acceptors (Lipinski definition) is 11. The molecule has 1 aromatic rings. The van der Waals surface area contributed by atoms with Crippen LogP contribution in [0.3, 0.4) is 0 Å². The Labute approximate surface area is 296 Å². The Bertz CT molecular complexity index is 1360. The van der Waals surface area contributed by atoms with Crippen molar-refractivity contribution in [2.45, 2.75) is 109 Å².